The quantitative estimate of drug-likeness (QED) is 0.354. The van der Waals surface area contributed by atoms with Gasteiger partial charge in [-0.15, -0.1) is 21.5 Å². The molecule has 0 saturated heterocycles. The van der Waals surface area contributed by atoms with Gasteiger partial charge < -0.3 is 5.32 Å². The molecule has 0 spiro atoms. The van der Waals surface area contributed by atoms with Crippen LogP contribution in [0.3, 0.4) is 0 Å². The van der Waals surface area contributed by atoms with Crippen LogP contribution in [0.1, 0.15) is 36.1 Å². The first-order valence-electron chi connectivity index (χ1n) is 10.3. The lowest BCUT2D eigenvalue weighted by molar-refractivity contribution is -0.121. The molecule has 2 amide bonds. The van der Waals surface area contributed by atoms with E-state index in [1.807, 2.05) is 47.8 Å². The fourth-order valence-electron chi connectivity index (χ4n) is 3.82. The zero-order valence-corrected chi connectivity index (χ0v) is 19.5. The smallest absolute Gasteiger partial charge is 0.237 e. The van der Waals surface area contributed by atoms with Crippen LogP contribution in [-0.2, 0) is 21.4 Å². The number of carbonyl (C=O) groups excluding carboxylic acids is 2. The normalized spacial score (nSPS) is 15.0. The van der Waals surface area contributed by atoms with Crippen LogP contribution in [0.15, 0.2) is 52.2 Å². The number of nitrogens with one attached hydrogen (secondary N) is 2. The minimum atomic E-state index is -0.453. The molecule has 1 aromatic carbocycles. The van der Waals surface area contributed by atoms with Crippen LogP contribution in [0.4, 0.5) is 5.13 Å². The van der Waals surface area contributed by atoms with Gasteiger partial charge in [-0.3, -0.25) is 14.9 Å². The maximum absolute atomic E-state index is 13.1. The maximum Gasteiger partial charge on any atom is 0.237 e. The fourth-order valence-corrected chi connectivity index (χ4v) is 6.38. The molecule has 2 heterocycles. The number of aromatic nitrogens is 2. The van der Waals surface area contributed by atoms with Crippen LogP contribution >= 0.6 is 34.4 Å². The second-order valence-corrected chi connectivity index (χ2v) is 10.6. The summed E-state index contributed by atoms with van der Waals surface area (Å²) in [6.45, 7) is 0.603. The second kappa shape index (κ2) is 10.4. The first-order chi connectivity index (χ1) is 15.2. The monoisotopic (exact) mass is 472 g/mol. The topological polar surface area (TPSA) is 84.0 Å². The van der Waals surface area contributed by atoms with Crippen LogP contribution in [0.5, 0.6) is 0 Å². The number of hydrogen-bond acceptors (Lipinski definition) is 7. The molecule has 2 aromatic heterocycles. The minimum Gasteiger partial charge on any atom is -0.355 e. The minimum absolute atomic E-state index is 0.00111. The van der Waals surface area contributed by atoms with E-state index in [1.54, 1.807) is 11.3 Å². The summed E-state index contributed by atoms with van der Waals surface area (Å²) in [4.78, 5) is 26.3. The lowest BCUT2D eigenvalue weighted by Gasteiger charge is -2.25. The Morgan fingerprint density at radius 3 is 2.61 bits per heavy atom. The molecule has 0 unspecified atom stereocenters. The molecule has 1 fully saturated rings. The van der Waals surface area contributed by atoms with Crippen molar-refractivity contribution in [3.63, 3.8) is 0 Å². The molecule has 162 valence electrons. The molecule has 31 heavy (non-hydrogen) atoms. The van der Waals surface area contributed by atoms with Crippen molar-refractivity contribution in [1.82, 2.24) is 15.5 Å². The number of hydrogen-bond donors (Lipinski definition) is 2. The van der Waals surface area contributed by atoms with E-state index in [9.17, 15) is 9.59 Å². The van der Waals surface area contributed by atoms with Crippen molar-refractivity contribution in [2.75, 3.05) is 17.6 Å². The number of rotatable bonds is 9. The summed E-state index contributed by atoms with van der Waals surface area (Å²) in [6.07, 6.45) is 4.65. The molecule has 1 aliphatic rings. The second-order valence-electron chi connectivity index (χ2n) is 7.47. The van der Waals surface area contributed by atoms with Gasteiger partial charge in [-0.25, -0.2) is 0 Å². The molecular formula is C22H24N4O2S3. The van der Waals surface area contributed by atoms with Crippen molar-refractivity contribution in [3.8, 4) is 0 Å². The number of benzene rings is 1. The third-order valence-electron chi connectivity index (χ3n) is 5.42. The third kappa shape index (κ3) is 5.53. The first-order valence-corrected chi connectivity index (χ1v) is 13.0. The maximum atomic E-state index is 13.1. The number of nitrogens with zero attached hydrogens (tertiary/aromatic N) is 2. The van der Waals surface area contributed by atoms with E-state index < -0.39 is 5.41 Å². The highest BCUT2D eigenvalue weighted by molar-refractivity contribution is 8.01. The fraction of sp³-hybridized carbons (Fsp3) is 0.364. The Labute approximate surface area is 193 Å². The summed E-state index contributed by atoms with van der Waals surface area (Å²) in [7, 11) is 0. The first kappa shape index (κ1) is 22.0. The number of thiophene rings is 1. The summed E-state index contributed by atoms with van der Waals surface area (Å²) >= 11 is 4.28. The highest BCUT2D eigenvalue weighted by Gasteiger charge is 2.43. The molecule has 0 atom stereocenters. The highest BCUT2D eigenvalue weighted by atomic mass is 32.2. The van der Waals surface area contributed by atoms with Gasteiger partial charge in [0.25, 0.3) is 0 Å². The van der Waals surface area contributed by atoms with Crippen molar-refractivity contribution in [3.05, 3.63) is 58.3 Å². The van der Waals surface area contributed by atoms with Crippen molar-refractivity contribution in [2.45, 2.75) is 41.9 Å². The Bertz CT molecular complexity index is 999. The van der Waals surface area contributed by atoms with E-state index >= 15 is 0 Å². The molecule has 0 radical (unpaired) electrons. The number of amides is 2. The highest BCUT2D eigenvalue weighted by Crippen LogP contribution is 2.44. The molecule has 0 bridgehead atoms. The third-order valence-corrected chi connectivity index (χ3v) is 8.46. The lowest BCUT2D eigenvalue weighted by atomic mass is 9.83. The molecule has 1 saturated carbocycles. The van der Waals surface area contributed by atoms with Gasteiger partial charge in [-0.05, 0) is 36.3 Å². The van der Waals surface area contributed by atoms with Gasteiger partial charge in [0.15, 0.2) is 4.34 Å². The van der Waals surface area contributed by atoms with E-state index in [0.717, 1.165) is 37.0 Å². The summed E-state index contributed by atoms with van der Waals surface area (Å²) in [5.74, 6) is 0.236. The average molecular weight is 473 g/mol. The zero-order valence-electron chi connectivity index (χ0n) is 17.0. The SMILES string of the molecule is O=C(CSc1nnc(NC(=O)C2(c3cccs3)CCCC2)s1)NCCc1ccccc1. The van der Waals surface area contributed by atoms with Crippen LogP contribution in [-0.4, -0.2) is 34.3 Å². The van der Waals surface area contributed by atoms with Gasteiger partial charge in [0, 0.05) is 11.4 Å². The standard InChI is InChI=1S/C22H24N4O2S3/c27-18(23-13-10-16-7-2-1-3-8-16)15-30-21-26-25-20(31-21)24-19(28)22(11-4-5-12-22)17-9-6-14-29-17/h1-3,6-9,14H,4-5,10-13,15H2,(H,23,27)(H,24,25,28). The van der Waals surface area contributed by atoms with Crippen molar-refractivity contribution in [2.24, 2.45) is 0 Å². The van der Waals surface area contributed by atoms with Gasteiger partial charge in [0.2, 0.25) is 16.9 Å². The van der Waals surface area contributed by atoms with E-state index in [0.29, 0.717) is 16.0 Å². The lowest BCUT2D eigenvalue weighted by Crippen LogP contribution is -2.37. The molecule has 0 aliphatic heterocycles. The van der Waals surface area contributed by atoms with Crippen LogP contribution in [0.2, 0.25) is 0 Å². The van der Waals surface area contributed by atoms with E-state index in [4.69, 9.17) is 0 Å². The van der Waals surface area contributed by atoms with Crippen molar-refractivity contribution >= 4 is 51.4 Å². The number of anilines is 1. The summed E-state index contributed by atoms with van der Waals surface area (Å²) in [5, 5.41) is 16.6. The molecule has 6 nitrogen and oxygen atoms in total. The zero-order chi connectivity index (χ0) is 21.5. The Morgan fingerprint density at radius 2 is 1.87 bits per heavy atom. The number of carbonyl (C=O) groups is 2. The van der Waals surface area contributed by atoms with E-state index in [1.165, 1.54) is 28.7 Å². The molecular weight excluding hydrogens is 448 g/mol. The average Bonchev–Trinajstić information content (AvgIpc) is 3.55. The van der Waals surface area contributed by atoms with Gasteiger partial charge >= 0.3 is 0 Å². The Morgan fingerprint density at radius 1 is 1.06 bits per heavy atom. The Kier molecular flexibility index (Phi) is 7.37. The van der Waals surface area contributed by atoms with Crippen LogP contribution in [0, 0.1) is 0 Å². The number of thioether (sulfide) groups is 1. The summed E-state index contributed by atoms with van der Waals surface area (Å²) < 4.78 is 0.671. The van der Waals surface area contributed by atoms with Gasteiger partial charge in [-0.2, -0.15) is 0 Å². The van der Waals surface area contributed by atoms with Crippen molar-refractivity contribution < 1.29 is 9.59 Å². The predicted molar refractivity (Wildman–Crippen MR) is 127 cm³/mol. The molecule has 2 N–H and O–H groups in total. The molecule has 9 heteroatoms. The van der Waals surface area contributed by atoms with E-state index in [2.05, 4.69) is 20.8 Å². The van der Waals surface area contributed by atoms with Gasteiger partial charge in [0.1, 0.15) is 0 Å². The van der Waals surface area contributed by atoms with Gasteiger partial charge in [-0.1, -0.05) is 72.3 Å². The predicted octanol–water partition coefficient (Wildman–Crippen LogP) is 4.50. The van der Waals surface area contributed by atoms with Crippen LogP contribution in [0.25, 0.3) is 0 Å². The Hall–Kier alpha value is -2.23. The molecule has 3 aromatic rings. The largest absolute Gasteiger partial charge is 0.355 e. The van der Waals surface area contributed by atoms with Crippen LogP contribution < -0.4 is 10.6 Å². The summed E-state index contributed by atoms with van der Waals surface area (Å²) in [6, 6.07) is 14.1. The summed E-state index contributed by atoms with van der Waals surface area (Å²) in [5.41, 5.74) is 0.744. The van der Waals surface area contributed by atoms with Gasteiger partial charge in [0.05, 0.1) is 11.2 Å². The Balaban J connectivity index is 1.25. The molecule has 4 rings (SSSR count). The molecule has 1 aliphatic carbocycles. The van der Waals surface area contributed by atoms with E-state index in [-0.39, 0.29) is 17.6 Å². The van der Waals surface area contributed by atoms with Crippen molar-refractivity contribution in [1.29, 1.82) is 0 Å².